The maximum atomic E-state index is 15.4. The zero-order chi connectivity index (χ0) is 17.9. The molecule has 0 aromatic heterocycles. The standard InChI is InChI=1S/C22H27F3/c1-2-3-6-16-9-11-17(12-10-16)19-7-4-5-8-20(19)22(25)15-18(23)13-14-21(22)24/h4-5,7-8,14-17H,2-3,6,9-13H2,1H3. The summed E-state index contributed by atoms with van der Waals surface area (Å²) in [6, 6.07) is 7.08. The molecular weight excluding hydrogens is 321 g/mol. The average Bonchev–Trinajstić information content (AvgIpc) is 2.64. The molecule has 0 saturated heterocycles. The maximum Gasteiger partial charge on any atom is 0.207 e. The van der Waals surface area contributed by atoms with Crippen molar-refractivity contribution in [2.45, 2.75) is 69.9 Å². The van der Waals surface area contributed by atoms with E-state index in [1.807, 2.05) is 12.1 Å². The van der Waals surface area contributed by atoms with E-state index in [0.717, 1.165) is 49.3 Å². The van der Waals surface area contributed by atoms with Crippen LogP contribution in [0.1, 0.15) is 75.3 Å². The van der Waals surface area contributed by atoms with Crippen LogP contribution in [0.15, 0.2) is 48.1 Å². The van der Waals surface area contributed by atoms with Crippen LogP contribution in [0.3, 0.4) is 0 Å². The Labute approximate surface area is 148 Å². The van der Waals surface area contributed by atoms with Crippen LogP contribution < -0.4 is 0 Å². The molecule has 1 atom stereocenters. The van der Waals surface area contributed by atoms with Crippen molar-refractivity contribution >= 4 is 0 Å². The van der Waals surface area contributed by atoms with Crippen molar-refractivity contribution in [2.24, 2.45) is 5.92 Å². The molecule has 2 aliphatic rings. The molecule has 0 heterocycles. The van der Waals surface area contributed by atoms with Crippen LogP contribution in [0.2, 0.25) is 0 Å². The minimum absolute atomic E-state index is 0.164. The van der Waals surface area contributed by atoms with Crippen molar-refractivity contribution in [1.82, 2.24) is 0 Å². The van der Waals surface area contributed by atoms with Gasteiger partial charge in [-0.2, -0.15) is 0 Å². The Balaban J connectivity index is 1.83. The monoisotopic (exact) mass is 348 g/mol. The zero-order valence-electron chi connectivity index (χ0n) is 14.9. The summed E-state index contributed by atoms with van der Waals surface area (Å²) in [6.45, 7) is 2.21. The highest BCUT2D eigenvalue weighted by Gasteiger charge is 2.41. The first kappa shape index (κ1) is 18.3. The molecule has 0 radical (unpaired) electrons. The SMILES string of the molecule is CCCCC1CCC(c2ccccc2C2(F)C=C(F)CC=C2F)CC1. The molecule has 0 amide bonds. The summed E-state index contributed by atoms with van der Waals surface area (Å²) in [5.74, 6) is -0.515. The van der Waals surface area contributed by atoms with E-state index < -0.39 is 17.3 Å². The van der Waals surface area contributed by atoms with E-state index in [2.05, 4.69) is 6.92 Å². The number of hydrogen-bond donors (Lipinski definition) is 0. The third kappa shape index (κ3) is 3.86. The molecule has 0 nitrogen and oxygen atoms in total. The fourth-order valence-corrected chi connectivity index (χ4v) is 4.32. The van der Waals surface area contributed by atoms with Gasteiger partial charge in [-0.05, 0) is 55.2 Å². The first-order chi connectivity index (χ1) is 12.0. The molecule has 1 aromatic carbocycles. The van der Waals surface area contributed by atoms with Crippen LogP contribution in [0, 0.1) is 5.92 Å². The summed E-state index contributed by atoms with van der Waals surface area (Å²) in [5.41, 5.74) is -1.35. The Bertz CT molecular complexity index is 653. The van der Waals surface area contributed by atoms with Crippen molar-refractivity contribution in [3.8, 4) is 0 Å². The lowest BCUT2D eigenvalue weighted by molar-refractivity contribution is 0.223. The van der Waals surface area contributed by atoms with Crippen molar-refractivity contribution in [3.63, 3.8) is 0 Å². The van der Waals surface area contributed by atoms with Crippen molar-refractivity contribution in [3.05, 3.63) is 59.2 Å². The summed E-state index contributed by atoms with van der Waals surface area (Å²) in [7, 11) is 0. The van der Waals surface area contributed by atoms with Gasteiger partial charge in [0.15, 0.2) is 0 Å². The number of alkyl halides is 1. The van der Waals surface area contributed by atoms with Gasteiger partial charge in [-0.25, -0.2) is 13.2 Å². The lowest BCUT2D eigenvalue weighted by atomic mass is 9.74. The van der Waals surface area contributed by atoms with Gasteiger partial charge in [-0.3, -0.25) is 0 Å². The average molecular weight is 348 g/mol. The highest BCUT2D eigenvalue weighted by atomic mass is 19.2. The number of unbranched alkanes of at least 4 members (excludes halogenated alkanes) is 1. The summed E-state index contributed by atoms with van der Waals surface area (Å²) in [4.78, 5) is 0. The first-order valence-electron chi connectivity index (χ1n) is 9.56. The quantitative estimate of drug-likeness (QED) is 0.519. The Morgan fingerprint density at radius 2 is 1.80 bits per heavy atom. The highest BCUT2D eigenvalue weighted by molar-refractivity contribution is 5.45. The highest BCUT2D eigenvalue weighted by Crippen LogP contribution is 2.47. The molecule has 0 bridgehead atoms. The van der Waals surface area contributed by atoms with E-state index in [-0.39, 0.29) is 17.9 Å². The van der Waals surface area contributed by atoms with Gasteiger partial charge in [0.2, 0.25) is 5.67 Å². The van der Waals surface area contributed by atoms with E-state index in [9.17, 15) is 8.78 Å². The zero-order valence-corrected chi connectivity index (χ0v) is 14.9. The van der Waals surface area contributed by atoms with Crippen molar-refractivity contribution < 1.29 is 13.2 Å². The minimum atomic E-state index is -2.46. The van der Waals surface area contributed by atoms with Gasteiger partial charge in [0.1, 0.15) is 11.7 Å². The number of rotatable bonds is 5. The molecule has 1 aromatic rings. The fourth-order valence-electron chi connectivity index (χ4n) is 4.32. The Morgan fingerprint density at radius 1 is 1.08 bits per heavy atom. The fraction of sp³-hybridized carbons (Fsp3) is 0.545. The van der Waals surface area contributed by atoms with Crippen LogP contribution in [-0.2, 0) is 5.67 Å². The van der Waals surface area contributed by atoms with Gasteiger partial charge in [-0.1, -0.05) is 50.5 Å². The first-order valence-corrected chi connectivity index (χ1v) is 9.56. The van der Waals surface area contributed by atoms with E-state index in [1.165, 1.54) is 19.3 Å². The number of hydrogen-bond acceptors (Lipinski definition) is 0. The lowest BCUT2D eigenvalue weighted by Crippen LogP contribution is -2.25. The van der Waals surface area contributed by atoms with Crippen LogP contribution >= 0.6 is 0 Å². The largest absolute Gasteiger partial charge is 0.226 e. The molecule has 3 rings (SSSR count). The Hall–Kier alpha value is -1.51. The topological polar surface area (TPSA) is 0 Å². The molecule has 25 heavy (non-hydrogen) atoms. The molecular formula is C22H27F3. The maximum absolute atomic E-state index is 15.4. The Morgan fingerprint density at radius 3 is 2.52 bits per heavy atom. The minimum Gasteiger partial charge on any atom is -0.226 e. The predicted octanol–water partition coefficient (Wildman–Crippen LogP) is 7.43. The van der Waals surface area contributed by atoms with Gasteiger partial charge < -0.3 is 0 Å². The third-order valence-electron chi connectivity index (χ3n) is 5.78. The second-order valence-corrected chi connectivity index (χ2v) is 7.51. The second-order valence-electron chi connectivity index (χ2n) is 7.51. The molecule has 0 N–H and O–H groups in total. The van der Waals surface area contributed by atoms with E-state index >= 15 is 4.39 Å². The van der Waals surface area contributed by atoms with Gasteiger partial charge in [0.25, 0.3) is 0 Å². The second kappa shape index (κ2) is 7.80. The molecule has 1 fully saturated rings. The van der Waals surface area contributed by atoms with Crippen LogP contribution in [0.25, 0.3) is 0 Å². The Kier molecular flexibility index (Phi) is 5.71. The van der Waals surface area contributed by atoms with E-state index in [4.69, 9.17) is 0 Å². The summed E-state index contributed by atoms with van der Waals surface area (Å²) in [6.07, 6.45) is 9.70. The molecule has 1 saturated carbocycles. The van der Waals surface area contributed by atoms with Gasteiger partial charge in [-0.15, -0.1) is 0 Å². The van der Waals surface area contributed by atoms with Crippen molar-refractivity contribution in [1.29, 1.82) is 0 Å². The molecule has 0 aliphatic heterocycles. The number of halogens is 3. The van der Waals surface area contributed by atoms with Crippen LogP contribution in [0.5, 0.6) is 0 Å². The van der Waals surface area contributed by atoms with Gasteiger partial charge in [0, 0.05) is 12.0 Å². The smallest absolute Gasteiger partial charge is 0.207 e. The molecule has 3 heteroatoms. The number of allylic oxidation sites excluding steroid dienone is 4. The summed E-state index contributed by atoms with van der Waals surface area (Å²) in [5, 5.41) is 0. The van der Waals surface area contributed by atoms with E-state index in [0.29, 0.717) is 0 Å². The van der Waals surface area contributed by atoms with E-state index in [1.54, 1.807) is 12.1 Å². The predicted molar refractivity (Wildman–Crippen MR) is 96.5 cm³/mol. The third-order valence-corrected chi connectivity index (χ3v) is 5.78. The number of benzene rings is 1. The van der Waals surface area contributed by atoms with Gasteiger partial charge >= 0.3 is 0 Å². The summed E-state index contributed by atoms with van der Waals surface area (Å²) >= 11 is 0. The molecule has 2 aliphatic carbocycles. The molecule has 0 spiro atoms. The van der Waals surface area contributed by atoms with Crippen LogP contribution in [-0.4, -0.2) is 0 Å². The van der Waals surface area contributed by atoms with Crippen molar-refractivity contribution in [2.75, 3.05) is 0 Å². The molecule has 1 unspecified atom stereocenters. The summed E-state index contributed by atoms with van der Waals surface area (Å²) < 4.78 is 43.5. The van der Waals surface area contributed by atoms with Crippen LogP contribution in [0.4, 0.5) is 13.2 Å². The van der Waals surface area contributed by atoms with Gasteiger partial charge in [0.05, 0.1) is 0 Å². The molecule has 136 valence electrons. The normalized spacial score (nSPS) is 29.9. The lowest BCUT2D eigenvalue weighted by Gasteiger charge is -2.33.